The van der Waals surface area contributed by atoms with Crippen LogP contribution in [0, 0.1) is 0 Å². The molecule has 1 nitrogen and oxygen atoms in total. The quantitative estimate of drug-likeness (QED) is 0.737. The summed E-state index contributed by atoms with van der Waals surface area (Å²) in [6.45, 7) is 2.18. The Labute approximate surface area is 84.4 Å². The molecule has 2 heteroatoms. The standard InChI is InChI=1S/C11H15ClO/c1-2-3-4-9-5-7-10(8-6-9)11(12)13/h5-8,11,13H,2-4H2,1H3. The predicted octanol–water partition coefficient (Wildman–Crippen LogP) is 3.26. The predicted molar refractivity (Wildman–Crippen MR) is 55.9 cm³/mol. The van der Waals surface area contributed by atoms with E-state index in [1.165, 1.54) is 18.4 Å². The molecule has 0 spiro atoms. The zero-order chi connectivity index (χ0) is 9.68. The molecule has 1 aromatic rings. The molecule has 72 valence electrons. The van der Waals surface area contributed by atoms with Gasteiger partial charge in [-0.25, -0.2) is 0 Å². The highest BCUT2D eigenvalue weighted by atomic mass is 35.5. The van der Waals surface area contributed by atoms with Gasteiger partial charge in [0.15, 0.2) is 5.56 Å². The van der Waals surface area contributed by atoms with Crippen molar-refractivity contribution in [2.45, 2.75) is 31.7 Å². The van der Waals surface area contributed by atoms with E-state index < -0.39 is 5.56 Å². The van der Waals surface area contributed by atoms with E-state index in [1.807, 2.05) is 24.3 Å². The van der Waals surface area contributed by atoms with Gasteiger partial charge in [-0.15, -0.1) is 0 Å². The molecule has 1 N–H and O–H groups in total. The minimum Gasteiger partial charge on any atom is -0.373 e. The molecule has 0 saturated heterocycles. The second-order valence-corrected chi connectivity index (χ2v) is 3.59. The molecule has 0 amide bonds. The molecule has 1 atom stereocenters. The maximum atomic E-state index is 9.06. The summed E-state index contributed by atoms with van der Waals surface area (Å²) in [5.74, 6) is 0. The Bertz CT molecular complexity index is 241. The van der Waals surface area contributed by atoms with Gasteiger partial charge >= 0.3 is 0 Å². The number of benzene rings is 1. The van der Waals surface area contributed by atoms with E-state index in [4.69, 9.17) is 16.7 Å². The first-order chi connectivity index (χ1) is 6.24. The van der Waals surface area contributed by atoms with Crippen LogP contribution in [0.1, 0.15) is 36.5 Å². The maximum absolute atomic E-state index is 9.06. The molecule has 0 saturated carbocycles. The fourth-order valence-corrected chi connectivity index (χ4v) is 1.37. The van der Waals surface area contributed by atoms with Crippen molar-refractivity contribution in [3.8, 4) is 0 Å². The normalized spacial score (nSPS) is 12.8. The summed E-state index contributed by atoms with van der Waals surface area (Å²) in [5.41, 5.74) is 1.20. The average molecular weight is 199 g/mol. The van der Waals surface area contributed by atoms with Gasteiger partial charge in [-0.1, -0.05) is 49.2 Å². The highest BCUT2D eigenvalue weighted by Gasteiger charge is 2.01. The Morgan fingerprint density at radius 1 is 1.31 bits per heavy atom. The summed E-state index contributed by atoms with van der Waals surface area (Å²) in [6, 6.07) is 7.80. The van der Waals surface area contributed by atoms with E-state index in [0.717, 1.165) is 12.0 Å². The number of alkyl halides is 1. The minimum absolute atomic E-state index is 0.766. The molecule has 0 radical (unpaired) electrons. The van der Waals surface area contributed by atoms with Crippen LogP contribution in [0.15, 0.2) is 24.3 Å². The Kier molecular flexibility index (Phi) is 4.26. The zero-order valence-electron chi connectivity index (χ0n) is 7.83. The second-order valence-electron chi connectivity index (χ2n) is 3.18. The third kappa shape index (κ3) is 3.37. The van der Waals surface area contributed by atoms with Crippen LogP contribution in [-0.4, -0.2) is 5.11 Å². The molecule has 0 fully saturated rings. The number of aliphatic hydroxyl groups is 1. The van der Waals surface area contributed by atoms with Gasteiger partial charge in [0.2, 0.25) is 0 Å². The van der Waals surface area contributed by atoms with Gasteiger partial charge in [0, 0.05) is 0 Å². The van der Waals surface area contributed by atoms with E-state index >= 15 is 0 Å². The summed E-state index contributed by atoms with van der Waals surface area (Å²) in [5, 5.41) is 9.06. The Morgan fingerprint density at radius 2 is 1.92 bits per heavy atom. The van der Waals surface area contributed by atoms with Crippen molar-refractivity contribution in [1.29, 1.82) is 0 Å². The Balaban J connectivity index is 2.59. The maximum Gasteiger partial charge on any atom is 0.153 e. The van der Waals surface area contributed by atoms with Crippen LogP contribution in [-0.2, 0) is 6.42 Å². The number of aliphatic hydroxyl groups excluding tert-OH is 1. The van der Waals surface area contributed by atoms with Crippen molar-refractivity contribution in [1.82, 2.24) is 0 Å². The van der Waals surface area contributed by atoms with Crippen molar-refractivity contribution in [2.24, 2.45) is 0 Å². The summed E-state index contributed by atoms with van der Waals surface area (Å²) in [4.78, 5) is 0. The molecule has 13 heavy (non-hydrogen) atoms. The van der Waals surface area contributed by atoms with Gasteiger partial charge in [-0.3, -0.25) is 0 Å². The molecule has 0 aliphatic carbocycles. The fourth-order valence-electron chi connectivity index (χ4n) is 1.22. The van der Waals surface area contributed by atoms with Gasteiger partial charge < -0.3 is 5.11 Å². The van der Waals surface area contributed by atoms with E-state index in [1.54, 1.807) is 0 Å². The number of aryl methyl sites for hydroxylation is 1. The second kappa shape index (κ2) is 5.25. The van der Waals surface area contributed by atoms with Crippen LogP contribution in [0.4, 0.5) is 0 Å². The summed E-state index contributed by atoms with van der Waals surface area (Å²) >= 11 is 5.52. The average Bonchev–Trinajstić information content (AvgIpc) is 2.15. The highest BCUT2D eigenvalue weighted by molar-refractivity contribution is 6.19. The van der Waals surface area contributed by atoms with Crippen LogP contribution < -0.4 is 0 Å². The van der Waals surface area contributed by atoms with Gasteiger partial charge in [0.25, 0.3) is 0 Å². The number of rotatable bonds is 4. The number of unbranched alkanes of at least 4 members (excludes halogenated alkanes) is 1. The zero-order valence-corrected chi connectivity index (χ0v) is 8.59. The third-order valence-electron chi connectivity index (χ3n) is 2.07. The van der Waals surface area contributed by atoms with Crippen LogP contribution in [0.2, 0.25) is 0 Å². The van der Waals surface area contributed by atoms with E-state index in [-0.39, 0.29) is 0 Å². The molecule has 0 heterocycles. The molecule has 1 aromatic carbocycles. The van der Waals surface area contributed by atoms with E-state index in [2.05, 4.69) is 6.92 Å². The van der Waals surface area contributed by atoms with Gasteiger partial charge in [0.05, 0.1) is 0 Å². The first-order valence-electron chi connectivity index (χ1n) is 4.65. The minimum atomic E-state index is -0.875. The summed E-state index contributed by atoms with van der Waals surface area (Å²) in [6.07, 6.45) is 3.53. The van der Waals surface area contributed by atoms with Gasteiger partial charge in [-0.05, 0) is 24.0 Å². The first kappa shape index (κ1) is 10.6. The molecule has 0 aliphatic heterocycles. The van der Waals surface area contributed by atoms with Crippen molar-refractivity contribution < 1.29 is 5.11 Å². The van der Waals surface area contributed by atoms with Crippen LogP contribution in [0.3, 0.4) is 0 Å². The number of halogens is 1. The number of hydrogen-bond donors (Lipinski definition) is 1. The smallest absolute Gasteiger partial charge is 0.153 e. The van der Waals surface area contributed by atoms with Crippen molar-refractivity contribution in [3.05, 3.63) is 35.4 Å². The van der Waals surface area contributed by atoms with Crippen molar-refractivity contribution in [2.75, 3.05) is 0 Å². The Hall–Kier alpha value is -0.530. The summed E-state index contributed by atoms with van der Waals surface area (Å²) < 4.78 is 0. The topological polar surface area (TPSA) is 20.2 Å². The van der Waals surface area contributed by atoms with Gasteiger partial charge in [-0.2, -0.15) is 0 Å². The lowest BCUT2D eigenvalue weighted by atomic mass is 10.1. The third-order valence-corrected chi connectivity index (χ3v) is 2.33. The largest absolute Gasteiger partial charge is 0.373 e. The van der Waals surface area contributed by atoms with Crippen LogP contribution in [0.5, 0.6) is 0 Å². The monoisotopic (exact) mass is 198 g/mol. The molecule has 0 aromatic heterocycles. The molecule has 1 rings (SSSR count). The van der Waals surface area contributed by atoms with E-state index in [9.17, 15) is 0 Å². The fraction of sp³-hybridized carbons (Fsp3) is 0.455. The lowest BCUT2D eigenvalue weighted by molar-refractivity contribution is 0.263. The lowest BCUT2D eigenvalue weighted by Crippen LogP contribution is -1.89. The van der Waals surface area contributed by atoms with Gasteiger partial charge in [0.1, 0.15) is 0 Å². The molecule has 0 aliphatic rings. The van der Waals surface area contributed by atoms with Crippen molar-refractivity contribution >= 4 is 11.6 Å². The van der Waals surface area contributed by atoms with Crippen LogP contribution >= 0.6 is 11.6 Å². The lowest BCUT2D eigenvalue weighted by Gasteiger charge is -2.04. The number of hydrogen-bond acceptors (Lipinski definition) is 1. The highest BCUT2D eigenvalue weighted by Crippen LogP contribution is 2.17. The van der Waals surface area contributed by atoms with E-state index in [0.29, 0.717) is 0 Å². The molecule has 0 bridgehead atoms. The first-order valence-corrected chi connectivity index (χ1v) is 5.08. The SMILES string of the molecule is CCCCc1ccc(C(O)Cl)cc1. The molecule has 1 unspecified atom stereocenters. The summed E-state index contributed by atoms with van der Waals surface area (Å²) in [7, 11) is 0. The van der Waals surface area contributed by atoms with Crippen LogP contribution in [0.25, 0.3) is 0 Å². The molecular weight excluding hydrogens is 184 g/mol. The molecular formula is C11H15ClO. The Morgan fingerprint density at radius 3 is 2.38 bits per heavy atom. The van der Waals surface area contributed by atoms with Crippen molar-refractivity contribution in [3.63, 3.8) is 0 Å².